The molecule has 192 valence electrons. The number of benzene rings is 1. The average Bonchev–Trinajstić information content (AvgIpc) is 3.22. The maximum Gasteiger partial charge on any atom is 0.322 e. The van der Waals surface area contributed by atoms with E-state index in [1.54, 1.807) is 6.92 Å². The smallest absolute Gasteiger partial charge is 0.322 e. The predicted molar refractivity (Wildman–Crippen MR) is 133 cm³/mol. The number of amides is 3. The summed E-state index contributed by atoms with van der Waals surface area (Å²) in [5.41, 5.74) is 8.04. The van der Waals surface area contributed by atoms with Crippen molar-refractivity contribution in [2.24, 2.45) is 17.6 Å². The van der Waals surface area contributed by atoms with Gasteiger partial charge in [0.05, 0.1) is 6.04 Å². The van der Waals surface area contributed by atoms with Crippen molar-refractivity contribution in [2.75, 3.05) is 6.54 Å². The van der Waals surface area contributed by atoms with E-state index in [2.05, 4.69) is 20.9 Å². The van der Waals surface area contributed by atoms with Crippen LogP contribution in [0.2, 0.25) is 0 Å². The maximum absolute atomic E-state index is 13.1. The lowest BCUT2D eigenvalue weighted by Gasteiger charge is -2.27. The third-order valence-electron chi connectivity index (χ3n) is 6.00. The van der Waals surface area contributed by atoms with Crippen LogP contribution in [0, 0.1) is 11.8 Å². The standard InChI is InChI=1S/C25H37N5O5/c1-5-15(4)22(25(35)28-13-21(31)32)30-24(34)20(10-14(2)3)29-23(33)18(26)11-16-12-27-19-9-7-6-8-17(16)19/h6-9,12,14-15,18,20,22,27H,5,10-11,13,26H2,1-4H3,(H,28,35)(H,29,33)(H,30,34)(H,31,32). The molecule has 0 radical (unpaired) electrons. The van der Waals surface area contributed by atoms with Crippen LogP contribution in [0.5, 0.6) is 0 Å². The fourth-order valence-corrected chi connectivity index (χ4v) is 3.84. The van der Waals surface area contributed by atoms with Crippen molar-refractivity contribution >= 4 is 34.6 Å². The monoisotopic (exact) mass is 487 g/mol. The highest BCUT2D eigenvalue weighted by atomic mass is 16.4. The first-order chi connectivity index (χ1) is 16.5. The molecule has 4 atom stereocenters. The van der Waals surface area contributed by atoms with E-state index in [0.29, 0.717) is 19.3 Å². The van der Waals surface area contributed by atoms with Crippen molar-refractivity contribution in [3.8, 4) is 0 Å². The summed E-state index contributed by atoms with van der Waals surface area (Å²) in [6.07, 6.45) is 3.05. The second-order valence-corrected chi connectivity index (χ2v) is 9.34. The van der Waals surface area contributed by atoms with E-state index in [-0.39, 0.29) is 11.8 Å². The summed E-state index contributed by atoms with van der Waals surface area (Å²) < 4.78 is 0. The largest absolute Gasteiger partial charge is 0.480 e. The second-order valence-electron chi connectivity index (χ2n) is 9.34. The lowest BCUT2D eigenvalue weighted by molar-refractivity contribution is -0.139. The van der Waals surface area contributed by atoms with Gasteiger partial charge in [-0.25, -0.2) is 0 Å². The van der Waals surface area contributed by atoms with Gasteiger partial charge >= 0.3 is 5.97 Å². The number of carbonyl (C=O) groups excluding carboxylic acids is 3. The van der Waals surface area contributed by atoms with E-state index in [9.17, 15) is 19.2 Å². The van der Waals surface area contributed by atoms with Gasteiger partial charge in [-0.2, -0.15) is 0 Å². The van der Waals surface area contributed by atoms with Crippen LogP contribution in [0.4, 0.5) is 0 Å². The van der Waals surface area contributed by atoms with Gasteiger partial charge in [0.25, 0.3) is 0 Å². The summed E-state index contributed by atoms with van der Waals surface area (Å²) in [7, 11) is 0. The number of aliphatic carboxylic acids is 1. The molecule has 4 unspecified atom stereocenters. The Morgan fingerprint density at radius 3 is 2.34 bits per heavy atom. The van der Waals surface area contributed by atoms with Crippen molar-refractivity contribution in [1.29, 1.82) is 0 Å². The number of nitrogens with one attached hydrogen (secondary N) is 4. The number of carbonyl (C=O) groups is 4. The molecule has 0 aliphatic carbocycles. The van der Waals surface area contributed by atoms with Crippen LogP contribution in [0.25, 0.3) is 10.9 Å². The Balaban J connectivity index is 2.10. The first-order valence-electron chi connectivity index (χ1n) is 11.9. The lowest BCUT2D eigenvalue weighted by atomic mass is 9.96. The summed E-state index contributed by atoms with van der Waals surface area (Å²) in [6, 6.07) is 5.02. The van der Waals surface area contributed by atoms with Gasteiger partial charge < -0.3 is 31.8 Å². The summed E-state index contributed by atoms with van der Waals surface area (Å²) in [5.74, 6) is -2.90. The lowest BCUT2D eigenvalue weighted by Crippen LogP contribution is -2.58. The number of nitrogens with two attached hydrogens (primary N) is 1. The number of hydrogen-bond acceptors (Lipinski definition) is 5. The van der Waals surface area contributed by atoms with E-state index >= 15 is 0 Å². The molecule has 0 saturated heterocycles. The molecule has 0 aliphatic rings. The number of carboxylic acids is 1. The van der Waals surface area contributed by atoms with Gasteiger partial charge in [-0.05, 0) is 36.3 Å². The zero-order valence-corrected chi connectivity index (χ0v) is 20.8. The van der Waals surface area contributed by atoms with Crippen molar-refractivity contribution < 1.29 is 24.3 Å². The highest BCUT2D eigenvalue weighted by molar-refractivity contribution is 5.94. The Bertz CT molecular complexity index is 1030. The molecule has 10 nitrogen and oxygen atoms in total. The van der Waals surface area contributed by atoms with Crippen molar-refractivity contribution in [2.45, 2.75) is 65.1 Å². The van der Waals surface area contributed by atoms with Crippen LogP contribution in [0.1, 0.15) is 46.1 Å². The second kappa shape index (κ2) is 12.9. The van der Waals surface area contributed by atoms with Gasteiger partial charge in [0, 0.05) is 17.1 Å². The number of H-pyrrole nitrogens is 1. The predicted octanol–water partition coefficient (Wildman–Crippen LogP) is 1.30. The van der Waals surface area contributed by atoms with Crippen molar-refractivity contribution in [3.63, 3.8) is 0 Å². The van der Waals surface area contributed by atoms with E-state index < -0.39 is 48.4 Å². The van der Waals surface area contributed by atoms with Crippen LogP contribution in [0.3, 0.4) is 0 Å². The average molecular weight is 488 g/mol. The van der Waals surface area contributed by atoms with Crippen LogP contribution in [-0.4, -0.2) is 58.5 Å². The first-order valence-corrected chi connectivity index (χ1v) is 11.9. The number of para-hydroxylation sites is 1. The number of rotatable bonds is 13. The Hall–Kier alpha value is -3.40. The molecule has 0 spiro atoms. The van der Waals surface area contributed by atoms with Crippen molar-refractivity contribution in [3.05, 3.63) is 36.0 Å². The van der Waals surface area contributed by atoms with Crippen LogP contribution in [0.15, 0.2) is 30.5 Å². The summed E-state index contributed by atoms with van der Waals surface area (Å²) in [6.45, 7) is 6.95. The molecular weight excluding hydrogens is 450 g/mol. The number of hydrogen-bond donors (Lipinski definition) is 6. The Morgan fingerprint density at radius 1 is 1.03 bits per heavy atom. The quantitative estimate of drug-likeness (QED) is 0.249. The SMILES string of the molecule is CCC(C)C(NC(=O)C(CC(C)C)NC(=O)C(N)Cc1c[nH]c2ccccc12)C(=O)NCC(=O)O. The van der Waals surface area contributed by atoms with E-state index in [0.717, 1.165) is 16.5 Å². The highest BCUT2D eigenvalue weighted by Crippen LogP contribution is 2.19. The molecule has 1 aromatic heterocycles. The topological polar surface area (TPSA) is 166 Å². The molecule has 35 heavy (non-hydrogen) atoms. The van der Waals surface area contributed by atoms with Gasteiger partial charge in [0.15, 0.2) is 0 Å². The number of aromatic nitrogens is 1. The minimum atomic E-state index is -1.18. The zero-order valence-electron chi connectivity index (χ0n) is 20.8. The van der Waals surface area contributed by atoms with Gasteiger partial charge in [0.1, 0.15) is 18.6 Å². The Morgan fingerprint density at radius 2 is 1.71 bits per heavy atom. The molecule has 3 amide bonds. The highest BCUT2D eigenvalue weighted by Gasteiger charge is 2.31. The third-order valence-corrected chi connectivity index (χ3v) is 6.00. The fourth-order valence-electron chi connectivity index (χ4n) is 3.84. The van der Waals surface area contributed by atoms with Gasteiger partial charge in [0.2, 0.25) is 17.7 Å². The van der Waals surface area contributed by atoms with Gasteiger partial charge in [-0.15, -0.1) is 0 Å². The normalized spacial score (nSPS) is 14.7. The molecule has 0 saturated carbocycles. The molecule has 2 rings (SSSR count). The number of carboxylic acid groups (broad SMARTS) is 1. The minimum Gasteiger partial charge on any atom is -0.480 e. The molecule has 10 heteroatoms. The third kappa shape index (κ3) is 8.10. The summed E-state index contributed by atoms with van der Waals surface area (Å²) in [5, 5.41) is 17.6. The van der Waals surface area contributed by atoms with Gasteiger partial charge in [-0.1, -0.05) is 52.3 Å². The van der Waals surface area contributed by atoms with E-state index in [1.807, 2.05) is 51.2 Å². The van der Waals surface area contributed by atoms with Crippen molar-refractivity contribution in [1.82, 2.24) is 20.9 Å². The molecule has 7 N–H and O–H groups in total. The molecule has 0 bridgehead atoms. The fraction of sp³-hybridized carbons (Fsp3) is 0.520. The molecule has 1 aromatic carbocycles. The molecule has 0 fully saturated rings. The minimum absolute atomic E-state index is 0.0822. The summed E-state index contributed by atoms with van der Waals surface area (Å²) in [4.78, 5) is 52.6. The maximum atomic E-state index is 13.1. The van der Waals surface area contributed by atoms with Crippen LogP contribution >= 0.6 is 0 Å². The van der Waals surface area contributed by atoms with E-state index in [1.165, 1.54) is 0 Å². The van der Waals surface area contributed by atoms with Crippen LogP contribution < -0.4 is 21.7 Å². The Labute approximate surface area is 205 Å². The number of fused-ring (bicyclic) bond motifs is 1. The summed E-state index contributed by atoms with van der Waals surface area (Å²) >= 11 is 0. The Kier molecular flexibility index (Phi) is 10.3. The first kappa shape index (κ1) is 27.8. The molecule has 2 aromatic rings. The molecule has 1 heterocycles. The zero-order chi connectivity index (χ0) is 26.1. The number of aromatic amines is 1. The van der Waals surface area contributed by atoms with Gasteiger partial charge in [-0.3, -0.25) is 19.2 Å². The van der Waals surface area contributed by atoms with Crippen LogP contribution in [-0.2, 0) is 25.6 Å². The molecular formula is C25H37N5O5. The van der Waals surface area contributed by atoms with E-state index in [4.69, 9.17) is 10.8 Å². The molecule has 0 aliphatic heterocycles.